The molecule has 3 atom stereocenters. The van der Waals surface area contributed by atoms with E-state index in [-0.39, 0.29) is 12.5 Å². The van der Waals surface area contributed by atoms with Crippen molar-refractivity contribution in [3.63, 3.8) is 0 Å². The standard InChI is InChI=1S/C16H22N2O3.C4H6O6/c1-16(2,3)21-14(19)10-18-13-7-5-4-6-11(13)8-9-12(17)15(18)20;5-1(3(7)8)2(6)4(9)10/h4-7,12H,8-10,17H2,1-3H3;1-2,5-6H,(H,7,8)(H,9,10)/t12-;1-,2+/m1./s1. The molecule has 0 spiro atoms. The molecule has 11 heteroatoms. The third-order valence-electron chi connectivity index (χ3n) is 4.10. The lowest BCUT2D eigenvalue weighted by Gasteiger charge is -2.26. The number of carbonyl (C=O) groups is 4. The van der Waals surface area contributed by atoms with Gasteiger partial charge in [0.2, 0.25) is 5.91 Å². The molecule has 172 valence electrons. The molecule has 31 heavy (non-hydrogen) atoms. The van der Waals surface area contributed by atoms with E-state index in [0.29, 0.717) is 6.42 Å². The van der Waals surface area contributed by atoms with Crippen LogP contribution in [0.3, 0.4) is 0 Å². The first-order chi connectivity index (χ1) is 14.2. The van der Waals surface area contributed by atoms with Crippen LogP contribution in [0.15, 0.2) is 24.3 Å². The molecule has 0 aliphatic carbocycles. The number of esters is 1. The van der Waals surface area contributed by atoms with E-state index in [0.717, 1.165) is 17.7 Å². The minimum atomic E-state index is -2.27. The van der Waals surface area contributed by atoms with Crippen molar-refractivity contribution in [2.75, 3.05) is 11.4 Å². The Kier molecular flexibility index (Phi) is 9.10. The summed E-state index contributed by atoms with van der Waals surface area (Å²) in [7, 11) is 0. The summed E-state index contributed by atoms with van der Waals surface area (Å²) < 4.78 is 5.31. The van der Waals surface area contributed by atoms with Gasteiger partial charge in [-0.25, -0.2) is 9.59 Å². The normalized spacial score (nSPS) is 17.9. The number of aliphatic carboxylic acids is 2. The summed E-state index contributed by atoms with van der Waals surface area (Å²) in [4.78, 5) is 45.4. The fourth-order valence-corrected chi connectivity index (χ4v) is 2.67. The van der Waals surface area contributed by atoms with Crippen molar-refractivity contribution in [1.82, 2.24) is 0 Å². The number of aliphatic hydroxyl groups is 2. The van der Waals surface area contributed by atoms with E-state index in [9.17, 15) is 19.2 Å². The molecule has 1 aliphatic rings. The molecule has 1 heterocycles. The molecule has 0 saturated heterocycles. The number of nitrogens with zero attached hydrogens (tertiary/aromatic N) is 1. The monoisotopic (exact) mass is 440 g/mol. The highest BCUT2D eigenvalue weighted by Crippen LogP contribution is 2.26. The van der Waals surface area contributed by atoms with Gasteiger partial charge in [0.05, 0.1) is 6.04 Å². The second-order valence-corrected chi connectivity index (χ2v) is 7.85. The van der Waals surface area contributed by atoms with Crippen molar-refractivity contribution in [3.05, 3.63) is 29.8 Å². The molecule has 0 saturated carbocycles. The van der Waals surface area contributed by atoms with Crippen molar-refractivity contribution in [1.29, 1.82) is 0 Å². The number of hydrogen-bond donors (Lipinski definition) is 5. The Morgan fingerprint density at radius 3 is 2.13 bits per heavy atom. The minimum Gasteiger partial charge on any atom is -0.479 e. The maximum Gasteiger partial charge on any atom is 0.335 e. The Morgan fingerprint density at radius 1 is 1.13 bits per heavy atom. The van der Waals surface area contributed by atoms with Gasteiger partial charge < -0.3 is 30.9 Å². The maximum absolute atomic E-state index is 12.4. The largest absolute Gasteiger partial charge is 0.479 e. The highest BCUT2D eigenvalue weighted by atomic mass is 16.6. The smallest absolute Gasteiger partial charge is 0.335 e. The molecule has 2 rings (SSSR count). The first-order valence-corrected chi connectivity index (χ1v) is 9.43. The van der Waals surface area contributed by atoms with Gasteiger partial charge in [-0.15, -0.1) is 0 Å². The van der Waals surface area contributed by atoms with Gasteiger partial charge in [0.15, 0.2) is 12.2 Å². The molecule has 6 N–H and O–H groups in total. The Hall–Kier alpha value is -3.02. The van der Waals surface area contributed by atoms with Crippen LogP contribution in [0.2, 0.25) is 0 Å². The van der Waals surface area contributed by atoms with E-state index in [4.69, 9.17) is 30.9 Å². The summed E-state index contributed by atoms with van der Waals surface area (Å²) in [6.45, 7) is 5.29. The number of para-hydroxylation sites is 1. The number of amides is 1. The lowest BCUT2D eigenvalue weighted by molar-refractivity contribution is -0.165. The number of carboxylic acids is 2. The van der Waals surface area contributed by atoms with Gasteiger partial charge in [0.1, 0.15) is 12.1 Å². The fraction of sp³-hybridized carbons (Fsp3) is 0.500. The summed E-state index contributed by atoms with van der Waals surface area (Å²) >= 11 is 0. The van der Waals surface area contributed by atoms with Gasteiger partial charge in [0, 0.05) is 5.69 Å². The molecular formula is C20H28N2O9. The number of carboxylic acid groups (broad SMARTS) is 2. The summed E-state index contributed by atoms with van der Waals surface area (Å²) in [5.41, 5.74) is 7.11. The SMILES string of the molecule is CC(C)(C)OC(=O)CN1C(=O)[C@H](N)CCc2ccccc21.O=C(O)[C@@H](O)[C@@H](O)C(=O)O. The van der Waals surface area contributed by atoms with Crippen LogP contribution >= 0.6 is 0 Å². The number of nitrogens with two attached hydrogens (primary N) is 1. The van der Waals surface area contributed by atoms with Crippen LogP contribution in [0, 0.1) is 0 Å². The van der Waals surface area contributed by atoms with E-state index in [1.165, 1.54) is 4.90 Å². The van der Waals surface area contributed by atoms with E-state index in [1.54, 1.807) is 20.8 Å². The maximum atomic E-state index is 12.4. The zero-order chi connectivity index (χ0) is 23.9. The van der Waals surface area contributed by atoms with Gasteiger partial charge >= 0.3 is 17.9 Å². The summed E-state index contributed by atoms with van der Waals surface area (Å²) in [6.07, 6.45) is -3.22. The number of hydrogen-bond acceptors (Lipinski definition) is 8. The van der Waals surface area contributed by atoms with Crippen LogP contribution in [-0.4, -0.2) is 74.6 Å². The number of anilines is 1. The molecule has 1 aliphatic heterocycles. The molecule has 11 nitrogen and oxygen atoms in total. The highest BCUT2D eigenvalue weighted by Gasteiger charge is 2.31. The van der Waals surface area contributed by atoms with E-state index < -0.39 is 41.8 Å². The lowest BCUT2D eigenvalue weighted by atomic mass is 10.1. The van der Waals surface area contributed by atoms with Gasteiger partial charge in [-0.3, -0.25) is 14.5 Å². The first kappa shape index (κ1) is 26.0. The Morgan fingerprint density at radius 2 is 1.65 bits per heavy atom. The number of aliphatic hydroxyl groups excluding tert-OH is 2. The molecule has 0 unspecified atom stereocenters. The average Bonchev–Trinajstić information content (AvgIpc) is 2.78. The molecule has 0 bridgehead atoms. The summed E-state index contributed by atoms with van der Waals surface area (Å²) in [5.74, 6) is -4.20. The quantitative estimate of drug-likeness (QED) is 0.374. The van der Waals surface area contributed by atoms with Crippen LogP contribution < -0.4 is 10.6 Å². The topological polar surface area (TPSA) is 188 Å². The third-order valence-corrected chi connectivity index (χ3v) is 4.10. The van der Waals surface area contributed by atoms with Crippen LogP contribution in [0.4, 0.5) is 5.69 Å². The molecule has 1 aromatic carbocycles. The Balaban J connectivity index is 0.000000407. The van der Waals surface area contributed by atoms with Crippen LogP contribution in [-0.2, 0) is 30.3 Å². The molecule has 1 aromatic rings. The molecule has 1 amide bonds. The van der Waals surface area contributed by atoms with Crippen molar-refractivity contribution in [2.24, 2.45) is 5.73 Å². The highest BCUT2D eigenvalue weighted by molar-refractivity contribution is 6.01. The van der Waals surface area contributed by atoms with Crippen molar-refractivity contribution in [3.8, 4) is 0 Å². The predicted octanol–water partition coefficient (Wildman–Crippen LogP) is -0.488. The predicted molar refractivity (Wildman–Crippen MR) is 108 cm³/mol. The summed E-state index contributed by atoms with van der Waals surface area (Å²) in [5, 5.41) is 32.5. The van der Waals surface area contributed by atoms with Crippen LogP contribution in [0.5, 0.6) is 0 Å². The van der Waals surface area contributed by atoms with Crippen molar-refractivity contribution >= 4 is 29.5 Å². The number of ether oxygens (including phenoxy) is 1. The molecule has 0 aromatic heterocycles. The first-order valence-electron chi connectivity index (χ1n) is 9.43. The molecule has 0 fully saturated rings. The second-order valence-electron chi connectivity index (χ2n) is 7.85. The second kappa shape index (κ2) is 10.8. The number of fused-ring (bicyclic) bond motifs is 1. The zero-order valence-corrected chi connectivity index (χ0v) is 17.5. The van der Waals surface area contributed by atoms with Gasteiger partial charge in [-0.05, 0) is 45.2 Å². The number of aryl methyl sites for hydroxylation is 1. The number of carbonyl (C=O) groups excluding carboxylic acids is 2. The summed E-state index contributed by atoms with van der Waals surface area (Å²) in [6, 6.07) is 7.00. The lowest BCUT2D eigenvalue weighted by Crippen LogP contribution is -2.46. The van der Waals surface area contributed by atoms with Gasteiger partial charge in [-0.1, -0.05) is 18.2 Å². The van der Waals surface area contributed by atoms with Crippen molar-refractivity contribution < 1.29 is 44.3 Å². The van der Waals surface area contributed by atoms with Gasteiger partial charge in [-0.2, -0.15) is 0 Å². The number of benzene rings is 1. The van der Waals surface area contributed by atoms with Gasteiger partial charge in [0.25, 0.3) is 0 Å². The van der Waals surface area contributed by atoms with Crippen molar-refractivity contribution in [2.45, 2.75) is 57.5 Å². The molecular weight excluding hydrogens is 412 g/mol. The average molecular weight is 440 g/mol. The van der Waals surface area contributed by atoms with Crippen LogP contribution in [0.1, 0.15) is 32.8 Å². The number of rotatable bonds is 5. The van der Waals surface area contributed by atoms with E-state index in [2.05, 4.69) is 0 Å². The van der Waals surface area contributed by atoms with Crippen LogP contribution in [0.25, 0.3) is 0 Å². The third kappa shape index (κ3) is 7.96. The Labute approximate surface area is 179 Å². The minimum absolute atomic E-state index is 0.110. The van der Waals surface area contributed by atoms with E-state index >= 15 is 0 Å². The fourth-order valence-electron chi connectivity index (χ4n) is 2.67. The zero-order valence-electron chi connectivity index (χ0n) is 17.5. The van der Waals surface area contributed by atoms with E-state index in [1.807, 2.05) is 24.3 Å². The molecule has 0 radical (unpaired) electrons. The Bertz CT molecular complexity index is 801.